The summed E-state index contributed by atoms with van der Waals surface area (Å²) >= 11 is 0. The van der Waals surface area contributed by atoms with E-state index in [1.807, 2.05) is 38.1 Å². The van der Waals surface area contributed by atoms with E-state index >= 15 is 0 Å². The summed E-state index contributed by atoms with van der Waals surface area (Å²) in [5.41, 5.74) is 2.38. The number of piperidine rings is 1. The van der Waals surface area contributed by atoms with Crippen molar-refractivity contribution in [2.45, 2.75) is 71.8 Å². The Morgan fingerprint density at radius 2 is 1.81 bits per heavy atom. The number of para-hydroxylation sites is 1. The third-order valence-corrected chi connectivity index (χ3v) is 6.46. The standard InChI is InChI=1S/C21H29N3O2.C5H11N/c1-4-26-18-13-9-8-12-17(18)20-23-19(21(25)22-3)15(2)24(20)14-16-10-6-5-7-11-16;1-2-4-6-5-3-1/h8-9,12-13,16H,4-7,10-11,14H2,1-3H3,(H,22,25);6H,1-5H2. The Labute approximate surface area is 193 Å². The van der Waals surface area contributed by atoms with E-state index in [1.54, 1.807) is 7.05 Å². The lowest BCUT2D eigenvalue weighted by atomic mass is 9.89. The van der Waals surface area contributed by atoms with Crippen molar-refractivity contribution in [3.63, 3.8) is 0 Å². The van der Waals surface area contributed by atoms with Crippen LogP contribution in [0, 0.1) is 12.8 Å². The number of carbonyl (C=O) groups is 1. The molecule has 2 fully saturated rings. The minimum atomic E-state index is -0.139. The molecule has 1 saturated carbocycles. The molecular formula is C26H40N4O2. The smallest absolute Gasteiger partial charge is 0.271 e. The molecule has 1 aromatic heterocycles. The van der Waals surface area contributed by atoms with Gasteiger partial charge in [0.15, 0.2) is 0 Å². The summed E-state index contributed by atoms with van der Waals surface area (Å²) in [5.74, 6) is 2.15. The Morgan fingerprint density at radius 1 is 1.12 bits per heavy atom. The largest absolute Gasteiger partial charge is 0.493 e. The zero-order chi connectivity index (χ0) is 22.8. The first-order valence-electron chi connectivity index (χ1n) is 12.4. The Morgan fingerprint density at radius 3 is 2.41 bits per heavy atom. The number of amides is 1. The van der Waals surface area contributed by atoms with Crippen molar-refractivity contribution in [2.24, 2.45) is 5.92 Å². The molecule has 0 spiro atoms. The predicted molar refractivity (Wildman–Crippen MR) is 130 cm³/mol. The Hall–Kier alpha value is -2.34. The van der Waals surface area contributed by atoms with E-state index in [0.29, 0.717) is 18.2 Å². The van der Waals surface area contributed by atoms with Crippen LogP contribution in [-0.2, 0) is 6.54 Å². The molecule has 6 nitrogen and oxygen atoms in total. The number of nitrogens with one attached hydrogen (secondary N) is 2. The summed E-state index contributed by atoms with van der Waals surface area (Å²) < 4.78 is 8.04. The molecule has 0 atom stereocenters. The van der Waals surface area contributed by atoms with E-state index < -0.39 is 0 Å². The van der Waals surface area contributed by atoms with Gasteiger partial charge in [0.25, 0.3) is 5.91 Å². The van der Waals surface area contributed by atoms with Crippen LogP contribution in [0.4, 0.5) is 0 Å². The van der Waals surface area contributed by atoms with Gasteiger partial charge >= 0.3 is 0 Å². The van der Waals surface area contributed by atoms with Crippen molar-refractivity contribution in [1.82, 2.24) is 20.2 Å². The van der Waals surface area contributed by atoms with Crippen LogP contribution in [-0.4, -0.2) is 42.2 Å². The Kier molecular flexibility index (Phi) is 9.60. The average molecular weight is 441 g/mol. The maximum absolute atomic E-state index is 12.3. The van der Waals surface area contributed by atoms with Gasteiger partial charge in [-0.1, -0.05) is 37.8 Å². The monoisotopic (exact) mass is 440 g/mol. The highest BCUT2D eigenvalue weighted by Gasteiger charge is 2.24. The SMILES string of the molecule is C1CCNCC1.CCOc1ccccc1-c1nc(C(=O)NC)c(C)n1CC1CCCCC1. The van der Waals surface area contributed by atoms with Gasteiger partial charge in [0.2, 0.25) is 0 Å². The molecule has 1 aliphatic heterocycles. The second kappa shape index (κ2) is 12.6. The van der Waals surface area contributed by atoms with Gasteiger partial charge in [0, 0.05) is 19.3 Å². The molecule has 0 radical (unpaired) electrons. The number of rotatable bonds is 6. The van der Waals surface area contributed by atoms with Crippen LogP contribution in [0.3, 0.4) is 0 Å². The minimum absolute atomic E-state index is 0.139. The van der Waals surface area contributed by atoms with Crippen molar-refractivity contribution >= 4 is 5.91 Å². The number of benzene rings is 1. The predicted octanol–water partition coefficient (Wildman–Crippen LogP) is 4.96. The highest BCUT2D eigenvalue weighted by atomic mass is 16.5. The fourth-order valence-corrected chi connectivity index (χ4v) is 4.66. The van der Waals surface area contributed by atoms with Gasteiger partial charge in [-0.15, -0.1) is 0 Å². The normalized spacial score (nSPS) is 16.7. The summed E-state index contributed by atoms with van der Waals surface area (Å²) in [6.45, 7) is 7.98. The lowest BCUT2D eigenvalue weighted by Gasteiger charge is -2.24. The van der Waals surface area contributed by atoms with Crippen molar-refractivity contribution in [1.29, 1.82) is 0 Å². The molecule has 1 amide bonds. The molecule has 1 aliphatic carbocycles. The number of ether oxygens (including phenoxy) is 1. The van der Waals surface area contributed by atoms with Crippen LogP contribution in [0.15, 0.2) is 24.3 Å². The van der Waals surface area contributed by atoms with Gasteiger partial charge in [-0.05, 0) is 70.7 Å². The van der Waals surface area contributed by atoms with Gasteiger partial charge < -0.3 is 19.9 Å². The molecule has 6 heteroatoms. The first-order valence-corrected chi connectivity index (χ1v) is 12.4. The van der Waals surface area contributed by atoms with Crippen molar-refractivity contribution in [3.8, 4) is 17.1 Å². The van der Waals surface area contributed by atoms with E-state index in [-0.39, 0.29) is 5.91 Å². The number of nitrogens with zero attached hydrogens (tertiary/aromatic N) is 2. The summed E-state index contributed by atoms with van der Waals surface area (Å²) in [6, 6.07) is 7.95. The highest BCUT2D eigenvalue weighted by molar-refractivity contribution is 5.94. The maximum atomic E-state index is 12.3. The second-order valence-electron chi connectivity index (χ2n) is 8.80. The zero-order valence-electron chi connectivity index (χ0n) is 20.1. The van der Waals surface area contributed by atoms with Crippen molar-refractivity contribution in [3.05, 3.63) is 35.7 Å². The molecule has 2 heterocycles. The zero-order valence-corrected chi connectivity index (χ0v) is 20.1. The van der Waals surface area contributed by atoms with Crippen LogP contribution in [0.2, 0.25) is 0 Å². The van der Waals surface area contributed by atoms with Crippen molar-refractivity contribution in [2.75, 3.05) is 26.7 Å². The fraction of sp³-hybridized carbons (Fsp3) is 0.615. The molecule has 1 saturated heterocycles. The number of aromatic nitrogens is 2. The van der Waals surface area contributed by atoms with Gasteiger partial charge in [-0.3, -0.25) is 4.79 Å². The van der Waals surface area contributed by atoms with Crippen LogP contribution in [0.25, 0.3) is 11.4 Å². The molecule has 2 aromatic rings. The highest BCUT2D eigenvalue weighted by Crippen LogP contribution is 2.33. The van der Waals surface area contributed by atoms with Gasteiger partial charge in [0.05, 0.1) is 12.2 Å². The molecule has 1 aromatic carbocycles. The third-order valence-electron chi connectivity index (χ3n) is 6.46. The molecular weight excluding hydrogens is 400 g/mol. The van der Waals surface area contributed by atoms with Crippen LogP contribution in [0.1, 0.15) is 74.5 Å². The van der Waals surface area contributed by atoms with Crippen molar-refractivity contribution < 1.29 is 9.53 Å². The van der Waals surface area contributed by atoms with Gasteiger partial charge in [0.1, 0.15) is 17.3 Å². The molecule has 176 valence electrons. The summed E-state index contributed by atoms with van der Waals surface area (Å²) in [5, 5.41) is 6.00. The minimum Gasteiger partial charge on any atom is -0.493 e. The first-order chi connectivity index (χ1) is 15.7. The first kappa shape index (κ1) is 24.3. The maximum Gasteiger partial charge on any atom is 0.271 e. The van der Waals surface area contributed by atoms with Crippen LogP contribution < -0.4 is 15.4 Å². The van der Waals surface area contributed by atoms with Gasteiger partial charge in [-0.2, -0.15) is 0 Å². The van der Waals surface area contributed by atoms with Crippen LogP contribution in [0.5, 0.6) is 5.75 Å². The fourth-order valence-electron chi connectivity index (χ4n) is 4.66. The van der Waals surface area contributed by atoms with E-state index in [0.717, 1.165) is 29.4 Å². The number of imidazole rings is 1. The second-order valence-corrected chi connectivity index (χ2v) is 8.80. The summed E-state index contributed by atoms with van der Waals surface area (Å²) in [4.78, 5) is 17.0. The van der Waals surface area contributed by atoms with E-state index in [9.17, 15) is 4.79 Å². The lowest BCUT2D eigenvalue weighted by Crippen LogP contribution is -2.21. The number of hydrogen-bond acceptors (Lipinski definition) is 4. The summed E-state index contributed by atoms with van der Waals surface area (Å²) in [6.07, 6.45) is 10.6. The number of carbonyl (C=O) groups excluding carboxylic acids is 1. The lowest BCUT2D eigenvalue weighted by molar-refractivity contribution is 0.0957. The quantitative estimate of drug-likeness (QED) is 0.666. The van der Waals surface area contributed by atoms with Gasteiger partial charge in [-0.25, -0.2) is 4.98 Å². The van der Waals surface area contributed by atoms with E-state index in [1.165, 1.54) is 64.5 Å². The van der Waals surface area contributed by atoms with E-state index in [2.05, 4.69) is 15.2 Å². The Balaban J connectivity index is 0.000000416. The van der Waals surface area contributed by atoms with Crippen LogP contribution >= 0.6 is 0 Å². The molecule has 0 unspecified atom stereocenters. The average Bonchev–Trinajstić information content (AvgIpc) is 3.17. The topological polar surface area (TPSA) is 68.2 Å². The molecule has 0 bridgehead atoms. The third kappa shape index (κ3) is 6.35. The molecule has 4 rings (SSSR count). The molecule has 32 heavy (non-hydrogen) atoms. The Bertz CT molecular complexity index is 840. The molecule has 2 aliphatic rings. The number of hydrogen-bond donors (Lipinski definition) is 2. The summed E-state index contributed by atoms with van der Waals surface area (Å²) in [7, 11) is 1.65. The van der Waals surface area contributed by atoms with E-state index in [4.69, 9.17) is 9.72 Å². The molecule has 2 N–H and O–H groups in total.